The molecule has 0 radical (unpaired) electrons. The lowest BCUT2D eigenvalue weighted by atomic mass is 10.0. The van der Waals surface area contributed by atoms with Crippen LogP contribution in [0.1, 0.15) is 5.56 Å². The van der Waals surface area contributed by atoms with E-state index in [0.29, 0.717) is 0 Å². The molecule has 6 heteroatoms. The third-order valence-corrected chi connectivity index (χ3v) is 2.60. The Labute approximate surface area is 117 Å². The molecule has 0 atom stereocenters. The molecule has 0 spiro atoms. The van der Waals surface area contributed by atoms with Crippen LogP contribution in [0.5, 0.6) is 5.75 Å². The summed E-state index contributed by atoms with van der Waals surface area (Å²) in [6.07, 6.45) is 0.269. The summed E-state index contributed by atoms with van der Waals surface area (Å²) in [6, 6.07) is 6.23. The Morgan fingerprint density at radius 1 is 0.952 bits per heavy atom. The molecule has 0 saturated carbocycles. The SMILES string of the molecule is C#Cc1ccc(OC(F)(F)F)c(-c2ccc(F)c(F)c2)c1. The minimum atomic E-state index is -4.91. The summed E-state index contributed by atoms with van der Waals surface area (Å²) < 4.78 is 67.1. The van der Waals surface area contributed by atoms with Gasteiger partial charge in [-0.15, -0.1) is 19.6 Å². The van der Waals surface area contributed by atoms with Crippen molar-refractivity contribution >= 4 is 0 Å². The number of hydrogen-bond acceptors (Lipinski definition) is 1. The van der Waals surface area contributed by atoms with E-state index in [1.165, 1.54) is 12.1 Å². The Balaban J connectivity index is 2.58. The van der Waals surface area contributed by atoms with Crippen molar-refractivity contribution in [1.29, 1.82) is 0 Å². The van der Waals surface area contributed by atoms with Gasteiger partial charge >= 0.3 is 6.36 Å². The first-order valence-electron chi connectivity index (χ1n) is 5.62. The van der Waals surface area contributed by atoms with Crippen LogP contribution in [0, 0.1) is 24.0 Å². The van der Waals surface area contributed by atoms with Gasteiger partial charge in [-0.3, -0.25) is 0 Å². The second-order valence-electron chi connectivity index (χ2n) is 4.03. The van der Waals surface area contributed by atoms with Crippen LogP contribution >= 0.6 is 0 Å². The molecule has 108 valence electrons. The first-order valence-corrected chi connectivity index (χ1v) is 5.62. The van der Waals surface area contributed by atoms with Gasteiger partial charge in [0.25, 0.3) is 0 Å². The summed E-state index contributed by atoms with van der Waals surface area (Å²) in [5.74, 6) is -0.590. The van der Waals surface area contributed by atoms with Gasteiger partial charge < -0.3 is 4.74 Å². The molecular formula is C15H7F5O. The highest BCUT2D eigenvalue weighted by Crippen LogP contribution is 2.35. The van der Waals surface area contributed by atoms with Gasteiger partial charge in [0.05, 0.1) is 0 Å². The second kappa shape index (κ2) is 5.44. The molecule has 0 aliphatic rings. The van der Waals surface area contributed by atoms with Crippen LogP contribution in [0.25, 0.3) is 11.1 Å². The lowest BCUT2D eigenvalue weighted by Crippen LogP contribution is -2.17. The van der Waals surface area contributed by atoms with Crippen LogP contribution < -0.4 is 4.74 Å². The Morgan fingerprint density at radius 2 is 1.67 bits per heavy atom. The normalized spacial score (nSPS) is 11.0. The van der Waals surface area contributed by atoms with E-state index in [0.717, 1.165) is 24.3 Å². The predicted molar refractivity (Wildman–Crippen MR) is 66.4 cm³/mol. The van der Waals surface area contributed by atoms with E-state index in [4.69, 9.17) is 6.42 Å². The summed E-state index contributed by atoms with van der Waals surface area (Å²) in [7, 11) is 0. The molecule has 0 heterocycles. The molecular weight excluding hydrogens is 291 g/mol. The fraction of sp³-hybridized carbons (Fsp3) is 0.0667. The van der Waals surface area contributed by atoms with Crippen LogP contribution in [0.4, 0.5) is 22.0 Å². The zero-order chi connectivity index (χ0) is 15.6. The van der Waals surface area contributed by atoms with Gasteiger partial charge in [0.2, 0.25) is 0 Å². The zero-order valence-corrected chi connectivity index (χ0v) is 10.3. The molecule has 2 rings (SSSR count). The molecule has 0 aliphatic carbocycles. The van der Waals surface area contributed by atoms with Crippen molar-refractivity contribution in [2.75, 3.05) is 0 Å². The van der Waals surface area contributed by atoms with Crippen molar-refractivity contribution in [3.63, 3.8) is 0 Å². The molecule has 0 bridgehead atoms. The fourth-order valence-electron chi connectivity index (χ4n) is 1.72. The zero-order valence-electron chi connectivity index (χ0n) is 10.3. The van der Waals surface area contributed by atoms with Crippen LogP contribution in [0.2, 0.25) is 0 Å². The number of rotatable bonds is 2. The van der Waals surface area contributed by atoms with Crippen LogP contribution in [-0.2, 0) is 0 Å². The van der Waals surface area contributed by atoms with Crippen LogP contribution in [0.3, 0.4) is 0 Å². The first kappa shape index (κ1) is 14.9. The van der Waals surface area contributed by atoms with Gasteiger partial charge in [-0.2, -0.15) is 0 Å². The number of benzene rings is 2. The summed E-state index contributed by atoms with van der Waals surface area (Å²) >= 11 is 0. The summed E-state index contributed by atoms with van der Waals surface area (Å²) in [4.78, 5) is 0. The van der Waals surface area contributed by atoms with E-state index in [-0.39, 0.29) is 16.7 Å². The minimum absolute atomic E-state index is 0.0188. The van der Waals surface area contributed by atoms with E-state index in [9.17, 15) is 22.0 Å². The molecule has 0 unspecified atom stereocenters. The maximum Gasteiger partial charge on any atom is 0.573 e. The smallest absolute Gasteiger partial charge is 0.405 e. The van der Waals surface area contributed by atoms with Gasteiger partial charge in [-0.25, -0.2) is 8.78 Å². The highest BCUT2D eigenvalue weighted by atomic mass is 19.4. The van der Waals surface area contributed by atoms with E-state index in [1.807, 2.05) is 0 Å². The molecule has 0 fully saturated rings. The van der Waals surface area contributed by atoms with Crippen LogP contribution in [0.15, 0.2) is 36.4 Å². The predicted octanol–water partition coefficient (Wildman–Crippen LogP) is 4.51. The number of hydrogen-bond donors (Lipinski definition) is 0. The fourth-order valence-corrected chi connectivity index (χ4v) is 1.72. The van der Waals surface area contributed by atoms with E-state index < -0.39 is 23.7 Å². The van der Waals surface area contributed by atoms with Crippen molar-refractivity contribution in [3.05, 3.63) is 53.6 Å². The Hall–Kier alpha value is -2.55. The third kappa shape index (κ3) is 3.51. The number of ether oxygens (including phenoxy) is 1. The van der Waals surface area contributed by atoms with E-state index in [1.54, 1.807) is 0 Å². The maximum atomic E-state index is 13.2. The van der Waals surface area contributed by atoms with Crippen molar-refractivity contribution in [3.8, 4) is 29.2 Å². The van der Waals surface area contributed by atoms with Gasteiger partial charge in [0.15, 0.2) is 11.6 Å². The Morgan fingerprint density at radius 3 is 2.24 bits per heavy atom. The van der Waals surface area contributed by atoms with Gasteiger partial charge in [-0.1, -0.05) is 12.0 Å². The molecule has 0 aromatic heterocycles. The summed E-state index contributed by atoms with van der Waals surface area (Å²) in [5.41, 5.74) is 0.219. The molecule has 21 heavy (non-hydrogen) atoms. The minimum Gasteiger partial charge on any atom is -0.405 e. The summed E-state index contributed by atoms with van der Waals surface area (Å²) in [6.45, 7) is 0. The van der Waals surface area contributed by atoms with E-state index in [2.05, 4.69) is 10.7 Å². The van der Waals surface area contributed by atoms with E-state index >= 15 is 0 Å². The third-order valence-electron chi connectivity index (χ3n) is 2.60. The average molecular weight is 298 g/mol. The molecule has 2 aromatic rings. The Bertz CT molecular complexity index is 713. The van der Waals surface area contributed by atoms with Crippen molar-refractivity contribution < 1.29 is 26.7 Å². The van der Waals surface area contributed by atoms with Crippen molar-refractivity contribution in [2.45, 2.75) is 6.36 Å². The summed E-state index contributed by atoms with van der Waals surface area (Å²) in [5, 5.41) is 0. The first-order chi connectivity index (χ1) is 9.80. The Kier molecular flexibility index (Phi) is 3.85. The second-order valence-corrected chi connectivity index (χ2v) is 4.03. The van der Waals surface area contributed by atoms with Gasteiger partial charge in [-0.05, 0) is 35.9 Å². The number of terminal acetylenes is 1. The van der Waals surface area contributed by atoms with Gasteiger partial charge in [0.1, 0.15) is 5.75 Å². The molecule has 0 saturated heterocycles. The lowest BCUT2D eigenvalue weighted by molar-refractivity contribution is -0.274. The monoisotopic (exact) mass is 298 g/mol. The molecule has 0 amide bonds. The molecule has 2 aromatic carbocycles. The average Bonchev–Trinajstić information content (AvgIpc) is 2.41. The number of halogens is 5. The quantitative estimate of drug-likeness (QED) is 0.585. The maximum absolute atomic E-state index is 13.2. The van der Waals surface area contributed by atoms with Crippen molar-refractivity contribution in [2.24, 2.45) is 0 Å². The van der Waals surface area contributed by atoms with Crippen molar-refractivity contribution in [1.82, 2.24) is 0 Å². The molecule has 1 nitrogen and oxygen atoms in total. The lowest BCUT2D eigenvalue weighted by Gasteiger charge is -2.14. The topological polar surface area (TPSA) is 9.23 Å². The highest BCUT2D eigenvalue weighted by Gasteiger charge is 2.32. The highest BCUT2D eigenvalue weighted by molar-refractivity contribution is 5.72. The molecule has 0 aliphatic heterocycles. The largest absolute Gasteiger partial charge is 0.573 e. The molecule has 0 N–H and O–H groups in total. The standard InChI is InChI=1S/C15H7F5O/c1-2-9-3-6-14(21-15(18,19)20)11(7-9)10-4-5-12(16)13(17)8-10/h1,3-8H. The number of alkyl halides is 3. The van der Waals surface area contributed by atoms with Gasteiger partial charge in [0, 0.05) is 11.1 Å². The van der Waals surface area contributed by atoms with Crippen LogP contribution in [-0.4, -0.2) is 6.36 Å².